The van der Waals surface area contributed by atoms with Gasteiger partial charge in [-0.05, 0) is 33.1 Å². The Labute approximate surface area is 144 Å². The number of rotatable bonds is 13. The van der Waals surface area contributed by atoms with E-state index in [1.54, 1.807) is 0 Å². The van der Waals surface area contributed by atoms with E-state index in [1.165, 1.54) is 6.92 Å². The third-order valence-electron chi connectivity index (χ3n) is 2.83. The van der Waals surface area contributed by atoms with Gasteiger partial charge in [0.2, 0.25) is 0 Å². The molecule has 0 bridgehead atoms. The smallest absolute Gasteiger partial charge is 0.374 e. The molecule has 136 valence electrons. The van der Waals surface area contributed by atoms with Crippen LogP contribution in [0.2, 0.25) is 6.04 Å². The molecule has 0 fully saturated rings. The first-order valence-electron chi connectivity index (χ1n) is 7.85. The fourth-order valence-corrected chi connectivity index (χ4v) is 5.07. The molecule has 0 aromatic rings. The van der Waals surface area contributed by atoms with Crippen LogP contribution in [0.3, 0.4) is 0 Å². The summed E-state index contributed by atoms with van der Waals surface area (Å²) >= 11 is 0.395. The average Bonchev–Trinajstić information content (AvgIpc) is 2.45. The van der Waals surface area contributed by atoms with Crippen LogP contribution in [0.5, 0.6) is 0 Å². The van der Waals surface area contributed by atoms with Crippen molar-refractivity contribution in [3.63, 3.8) is 0 Å². The highest BCUT2D eigenvalue weighted by molar-refractivity contribution is 7.90. The molecule has 23 heavy (non-hydrogen) atoms. The van der Waals surface area contributed by atoms with Gasteiger partial charge in [0.05, 0.1) is 0 Å². The molecule has 0 aromatic carbocycles. The van der Waals surface area contributed by atoms with E-state index in [9.17, 15) is 9.59 Å². The zero-order chi connectivity index (χ0) is 17.7. The zero-order valence-corrected chi connectivity index (χ0v) is 16.4. The molecule has 0 saturated heterocycles. The number of hydrogen-bond acceptors (Lipinski definition) is 8. The van der Waals surface area contributed by atoms with Crippen LogP contribution in [0, 0.1) is 5.92 Å². The van der Waals surface area contributed by atoms with Gasteiger partial charge in [0.15, 0.2) is 0 Å². The lowest BCUT2D eigenvalue weighted by Crippen LogP contribution is -2.46. The predicted molar refractivity (Wildman–Crippen MR) is 89.3 cm³/mol. The molecular weight excluding hydrogens is 340 g/mol. The van der Waals surface area contributed by atoms with Crippen molar-refractivity contribution in [2.75, 3.05) is 19.8 Å². The fraction of sp³-hybridized carbons (Fsp3) is 0.857. The summed E-state index contributed by atoms with van der Waals surface area (Å²) in [4.78, 5) is 22.2. The first-order chi connectivity index (χ1) is 10.9. The Balaban J connectivity index is 4.31. The van der Waals surface area contributed by atoms with Crippen molar-refractivity contribution in [2.45, 2.75) is 53.5 Å². The van der Waals surface area contributed by atoms with E-state index in [0.717, 1.165) is 6.42 Å². The molecule has 9 heteroatoms. The first-order valence-corrected chi connectivity index (χ1v) is 10.4. The molecular formula is C14H28O7SSi. The van der Waals surface area contributed by atoms with Crippen LogP contribution in [0.4, 0.5) is 0 Å². The maximum absolute atomic E-state index is 11.6. The van der Waals surface area contributed by atoms with Crippen LogP contribution in [0.1, 0.15) is 47.5 Å². The number of carbonyl (C=O) groups is 2. The molecule has 0 aliphatic rings. The van der Waals surface area contributed by atoms with Crippen molar-refractivity contribution in [3.05, 3.63) is 0 Å². The predicted octanol–water partition coefficient (Wildman–Crippen LogP) is 3.12. The summed E-state index contributed by atoms with van der Waals surface area (Å²) in [5, 5.41) is 0. The molecule has 0 heterocycles. The van der Waals surface area contributed by atoms with E-state index >= 15 is 0 Å². The van der Waals surface area contributed by atoms with Gasteiger partial charge in [-0.15, -0.1) is 0 Å². The normalized spacial score (nSPS) is 12.7. The fourth-order valence-electron chi connectivity index (χ4n) is 1.95. The Morgan fingerprint density at radius 2 is 1.52 bits per heavy atom. The van der Waals surface area contributed by atoms with Crippen LogP contribution in [0.15, 0.2) is 0 Å². The lowest BCUT2D eigenvalue weighted by molar-refractivity contribution is -0.135. The molecule has 0 N–H and O–H groups in total. The first kappa shape index (κ1) is 22.4. The summed E-state index contributed by atoms with van der Waals surface area (Å²) in [6.45, 7) is 10.5. The minimum Gasteiger partial charge on any atom is -0.374 e. The maximum atomic E-state index is 11.6. The van der Waals surface area contributed by atoms with Crippen molar-refractivity contribution in [1.29, 1.82) is 0 Å². The van der Waals surface area contributed by atoms with E-state index in [2.05, 4.69) is 4.18 Å². The second kappa shape index (κ2) is 12.8. The lowest BCUT2D eigenvalue weighted by Gasteiger charge is -2.29. The molecule has 0 aliphatic heterocycles. The molecule has 0 spiro atoms. The van der Waals surface area contributed by atoms with Gasteiger partial charge in [-0.3, -0.25) is 9.59 Å². The standard InChI is InChI=1S/C14H28O7SSi/c1-6-17-23(18-7-2,19-8-3)10-9-12(4)11-14(16)21-22-20-13(5)15/h12H,6-11H2,1-5H3. The van der Waals surface area contributed by atoms with Crippen LogP contribution in [-0.2, 0) is 31.2 Å². The molecule has 0 aromatic heterocycles. The molecule has 7 nitrogen and oxygen atoms in total. The van der Waals surface area contributed by atoms with Gasteiger partial charge in [0.1, 0.15) is 0 Å². The summed E-state index contributed by atoms with van der Waals surface area (Å²) in [6.07, 6.45) is 0.947. The van der Waals surface area contributed by atoms with E-state index in [4.69, 9.17) is 17.5 Å². The minimum atomic E-state index is -2.68. The molecule has 0 rings (SSSR count). The van der Waals surface area contributed by atoms with Crippen molar-refractivity contribution < 1.29 is 31.2 Å². The molecule has 0 radical (unpaired) electrons. The van der Waals surface area contributed by atoms with Crippen molar-refractivity contribution >= 4 is 33.1 Å². The number of carbonyl (C=O) groups excluding carboxylic acids is 2. The van der Waals surface area contributed by atoms with Gasteiger partial charge in [0.25, 0.3) is 12.3 Å². The van der Waals surface area contributed by atoms with Gasteiger partial charge in [-0.1, -0.05) is 6.92 Å². The van der Waals surface area contributed by atoms with Crippen molar-refractivity contribution in [3.8, 4) is 0 Å². The van der Waals surface area contributed by atoms with Gasteiger partial charge in [-0.25, -0.2) is 0 Å². The Morgan fingerprint density at radius 1 is 1.00 bits per heavy atom. The second-order valence-electron chi connectivity index (χ2n) is 4.93. The summed E-state index contributed by atoms with van der Waals surface area (Å²) in [7, 11) is -2.68. The van der Waals surface area contributed by atoms with Gasteiger partial charge in [-0.2, -0.15) is 0 Å². The third-order valence-corrected chi connectivity index (χ3v) is 6.47. The molecule has 1 unspecified atom stereocenters. The van der Waals surface area contributed by atoms with E-state index < -0.39 is 20.7 Å². The average molecular weight is 369 g/mol. The Hall–Kier alpha value is -0.613. The summed E-state index contributed by atoms with van der Waals surface area (Å²) < 4.78 is 26.6. The van der Waals surface area contributed by atoms with Crippen LogP contribution < -0.4 is 0 Å². The molecule has 1 atom stereocenters. The highest BCUT2D eigenvalue weighted by Crippen LogP contribution is 2.23. The Kier molecular flexibility index (Phi) is 12.4. The lowest BCUT2D eigenvalue weighted by atomic mass is 10.1. The maximum Gasteiger partial charge on any atom is 0.500 e. The summed E-state index contributed by atoms with van der Waals surface area (Å²) in [5.41, 5.74) is 0. The van der Waals surface area contributed by atoms with Crippen LogP contribution in [0.25, 0.3) is 0 Å². The largest absolute Gasteiger partial charge is 0.500 e. The quantitative estimate of drug-likeness (QED) is 0.362. The minimum absolute atomic E-state index is 0.0775. The van der Waals surface area contributed by atoms with E-state index in [0.29, 0.717) is 38.2 Å². The van der Waals surface area contributed by atoms with E-state index in [1.807, 2.05) is 27.7 Å². The van der Waals surface area contributed by atoms with Crippen LogP contribution in [-0.4, -0.2) is 40.6 Å². The summed E-state index contributed by atoms with van der Waals surface area (Å²) in [5.74, 6) is -0.870. The van der Waals surface area contributed by atoms with Crippen molar-refractivity contribution in [2.24, 2.45) is 5.92 Å². The zero-order valence-electron chi connectivity index (χ0n) is 14.6. The van der Waals surface area contributed by atoms with Crippen LogP contribution >= 0.6 is 12.3 Å². The number of hydrogen-bond donors (Lipinski definition) is 0. The highest BCUT2D eigenvalue weighted by Gasteiger charge is 2.40. The Morgan fingerprint density at radius 3 is 1.96 bits per heavy atom. The monoisotopic (exact) mass is 368 g/mol. The van der Waals surface area contributed by atoms with Crippen molar-refractivity contribution in [1.82, 2.24) is 0 Å². The summed E-state index contributed by atoms with van der Waals surface area (Å²) in [6, 6.07) is 0.647. The highest BCUT2D eigenvalue weighted by atomic mass is 32.2. The molecule has 0 aliphatic carbocycles. The molecule has 0 amide bonds. The topological polar surface area (TPSA) is 80.3 Å². The van der Waals surface area contributed by atoms with Gasteiger partial charge >= 0.3 is 20.7 Å². The SMILES string of the molecule is CCO[Si](CCC(C)CC(=O)OSOC(C)=O)(OCC)OCC. The third kappa shape index (κ3) is 10.7. The van der Waals surface area contributed by atoms with Gasteiger partial charge < -0.3 is 21.6 Å². The van der Waals surface area contributed by atoms with Gasteiger partial charge in [0, 0.05) is 39.2 Å². The Bertz CT molecular complexity index is 337. The van der Waals surface area contributed by atoms with E-state index in [-0.39, 0.29) is 12.3 Å². The second-order valence-corrected chi connectivity index (χ2v) is 8.13. The molecule has 0 saturated carbocycles.